The summed E-state index contributed by atoms with van der Waals surface area (Å²) in [5.74, 6) is -0.380. The monoisotopic (exact) mass is 432 g/mol. The average molecular weight is 433 g/mol. The fourth-order valence-electron chi connectivity index (χ4n) is 4.61. The Hall–Kier alpha value is -3.12. The summed E-state index contributed by atoms with van der Waals surface area (Å²) < 4.78 is 13.8. The first kappa shape index (κ1) is 19.8. The average Bonchev–Trinajstić information content (AvgIpc) is 3.19. The molecule has 0 saturated carbocycles. The van der Waals surface area contributed by atoms with Gasteiger partial charge >= 0.3 is 0 Å². The van der Waals surface area contributed by atoms with Crippen LogP contribution in [-0.2, 0) is 21.0 Å². The standard InChI is InChI=1S/C25H21FN2O2S/c1-16-10-17(2)12-20(11-16)28-23(29)15-31-25(28)21-8-3-4-9-22(21)27(24(25)30)14-18-6-5-7-19(26)13-18/h3-13H,14-15H2,1-2H3/t25-/m1/s1. The summed E-state index contributed by atoms with van der Waals surface area (Å²) in [5, 5.41) is 0. The number of hydrogen-bond donors (Lipinski definition) is 0. The number of fused-ring (bicyclic) bond motifs is 2. The van der Waals surface area contributed by atoms with E-state index in [0.29, 0.717) is 5.56 Å². The van der Waals surface area contributed by atoms with E-state index in [4.69, 9.17) is 0 Å². The Balaban J connectivity index is 1.66. The number of amides is 2. The highest BCUT2D eigenvalue weighted by Crippen LogP contribution is 2.56. The number of anilines is 2. The molecule has 0 aliphatic carbocycles. The summed E-state index contributed by atoms with van der Waals surface area (Å²) in [6.45, 7) is 4.21. The topological polar surface area (TPSA) is 40.6 Å². The number of carbonyl (C=O) groups is 2. The Labute approximate surface area is 184 Å². The van der Waals surface area contributed by atoms with Crippen molar-refractivity contribution >= 4 is 35.0 Å². The van der Waals surface area contributed by atoms with Crippen LogP contribution in [0.5, 0.6) is 0 Å². The van der Waals surface area contributed by atoms with Crippen molar-refractivity contribution in [1.29, 1.82) is 0 Å². The number of halogens is 1. The maximum absolute atomic E-state index is 14.0. The van der Waals surface area contributed by atoms with Gasteiger partial charge in [0.1, 0.15) is 5.82 Å². The van der Waals surface area contributed by atoms with Crippen LogP contribution in [0.4, 0.5) is 15.8 Å². The molecular weight excluding hydrogens is 411 g/mol. The molecule has 1 atom stereocenters. The molecule has 2 aliphatic heterocycles. The summed E-state index contributed by atoms with van der Waals surface area (Å²) in [7, 11) is 0. The highest BCUT2D eigenvalue weighted by atomic mass is 32.2. The van der Waals surface area contributed by atoms with Gasteiger partial charge in [-0.3, -0.25) is 14.5 Å². The second kappa shape index (κ2) is 7.24. The lowest BCUT2D eigenvalue weighted by Crippen LogP contribution is -2.49. The van der Waals surface area contributed by atoms with Gasteiger partial charge in [-0.15, -0.1) is 11.8 Å². The molecule has 5 rings (SSSR count). The van der Waals surface area contributed by atoms with E-state index in [9.17, 15) is 14.0 Å². The number of para-hydroxylation sites is 1. The Bertz CT molecular complexity index is 1210. The molecule has 1 saturated heterocycles. The fourth-order valence-corrected chi connectivity index (χ4v) is 5.97. The van der Waals surface area contributed by atoms with Crippen LogP contribution >= 0.6 is 11.8 Å². The lowest BCUT2D eigenvalue weighted by Gasteiger charge is -2.33. The van der Waals surface area contributed by atoms with Crippen LogP contribution in [0.2, 0.25) is 0 Å². The zero-order chi connectivity index (χ0) is 21.8. The Kier molecular flexibility index (Phi) is 4.63. The van der Waals surface area contributed by atoms with Gasteiger partial charge in [-0.05, 0) is 60.9 Å². The van der Waals surface area contributed by atoms with Crippen LogP contribution in [0.1, 0.15) is 22.3 Å². The van der Waals surface area contributed by atoms with E-state index in [1.54, 1.807) is 21.9 Å². The van der Waals surface area contributed by atoms with E-state index >= 15 is 0 Å². The maximum atomic E-state index is 14.0. The van der Waals surface area contributed by atoms with Gasteiger partial charge in [0.05, 0.1) is 18.0 Å². The van der Waals surface area contributed by atoms with E-state index in [1.165, 1.54) is 23.9 Å². The van der Waals surface area contributed by atoms with Crippen LogP contribution in [0, 0.1) is 19.7 Å². The third kappa shape index (κ3) is 3.05. The van der Waals surface area contributed by atoms with Gasteiger partial charge in [0, 0.05) is 11.3 Å². The summed E-state index contributed by atoms with van der Waals surface area (Å²) in [5.41, 5.74) is 5.05. The van der Waals surface area contributed by atoms with Crippen LogP contribution < -0.4 is 9.80 Å². The number of benzene rings is 3. The normalized spacial score (nSPS) is 20.1. The third-order valence-corrected chi connectivity index (χ3v) is 7.14. The van der Waals surface area contributed by atoms with Gasteiger partial charge in [-0.1, -0.05) is 36.4 Å². The molecule has 3 aromatic rings. The Morgan fingerprint density at radius 3 is 2.45 bits per heavy atom. The zero-order valence-electron chi connectivity index (χ0n) is 17.3. The van der Waals surface area contributed by atoms with Gasteiger partial charge in [0.15, 0.2) is 0 Å². The van der Waals surface area contributed by atoms with E-state index in [-0.39, 0.29) is 29.9 Å². The third-order valence-electron chi connectivity index (χ3n) is 5.76. The molecule has 0 N–H and O–H groups in total. The van der Waals surface area contributed by atoms with Crippen molar-refractivity contribution in [3.8, 4) is 0 Å². The maximum Gasteiger partial charge on any atom is 0.269 e. The molecular formula is C25H21FN2O2S. The number of hydrogen-bond acceptors (Lipinski definition) is 3. The Morgan fingerprint density at radius 2 is 1.71 bits per heavy atom. The van der Waals surface area contributed by atoms with Gasteiger partial charge < -0.3 is 4.90 Å². The van der Waals surface area contributed by atoms with Crippen molar-refractivity contribution in [3.63, 3.8) is 0 Å². The highest BCUT2D eigenvalue weighted by Gasteiger charge is 2.60. The SMILES string of the molecule is Cc1cc(C)cc(N2C(=O)CS[C@]23C(=O)N(Cc2cccc(F)c2)c2ccccc23)c1. The lowest BCUT2D eigenvalue weighted by molar-refractivity contribution is -0.123. The molecule has 3 aromatic carbocycles. The predicted octanol–water partition coefficient (Wildman–Crippen LogP) is 4.92. The molecule has 4 nitrogen and oxygen atoms in total. The molecule has 0 radical (unpaired) electrons. The van der Waals surface area contributed by atoms with E-state index < -0.39 is 4.87 Å². The van der Waals surface area contributed by atoms with Crippen LogP contribution in [-0.4, -0.2) is 17.6 Å². The minimum atomic E-state index is -1.15. The molecule has 6 heteroatoms. The van der Waals surface area contributed by atoms with Crippen molar-refractivity contribution in [2.24, 2.45) is 0 Å². The van der Waals surface area contributed by atoms with Crippen LogP contribution in [0.3, 0.4) is 0 Å². The molecule has 0 aromatic heterocycles. The molecule has 0 bridgehead atoms. The molecule has 2 aliphatic rings. The van der Waals surface area contributed by atoms with Crippen molar-refractivity contribution < 1.29 is 14.0 Å². The summed E-state index contributed by atoms with van der Waals surface area (Å²) >= 11 is 1.35. The highest BCUT2D eigenvalue weighted by molar-refractivity contribution is 8.02. The largest absolute Gasteiger partial charge is 0.304 e. The van der Waals surface area contributed by atoms with E-state index in [2.05, 4.69) is 0 Å². The molecule has 156 valence electrons. The van der Waals surface area contributed by atoms with Crippen molar-refractivity contribution in [2.75, 3.05) is 15.6 Å². The number of carbonyl (C=O) groups excluding carboxylic acids is 2. The van der Waals surface area contributed by atoms with E-state index in [1.807, 2.05) is 56.3 Å². The van der Waals surface area contributed by atoms with Crippen LogP contribution in [0.15, 0.2) is 66.7 Å². The lowest BCUT2D eigenvalue weighted by atomic mass is 10.0. The number of rotatable bonds is 3. The summed E-state index contributed by atoms with van der Waals surface area (Å²) in [4.78, 5) is 29.3. The first-order valence-corrected chi connectivity index (χ1v) is 11.1. The summed E-state index contributed by atoms with van der Waals surface area (Å²) in [6.07, 6.45) is 0. The van der Waals surface area contributed by atoms with Gasteiger partial charge in [0.2, 0.25) is 10.8 Å². The van der Waals surface area contributed by atoms with Crippen LogP contribution in [0.25, 0.3) is 0 Å². The van der Waals surface area contributed by atoms with Gasteiger partial charge in [-0.25, -0.2) is 4.39 Å². The summed E-state index contributed by atoms with van der Waals surface area (Å²) in [6, 6.07) is 19.8. The van der Waals surface area contributed by atoms with Crippen molar-refractivity contribution in [3.05, 3.63) is 94.8 Å². The minimum absolute atomic E-state index is 0.0919. The molecule has 1 fully saturated rings. The first-order valence-electron chi connectivity index (χ1n) is 10.1. The zero-order valence-corrected chi connectivity index (χ0v) is 18.1. The second-order valence-corrected chi connectivity index (χ2v) is 9.21. The molecule has 2 heterocycles. The number of thioether (sulfide) groups is 1. The van der Waals surface area contributed by atoms with Crippen molar-refractivity contribution in [2.45, 2.75) is 25.3 Å². The first-order chi connectivity index (χ1) is 14.9. The smallest absolute Gasteiger partial charge is 0.269 e. The molecule has 2 amide bonds. The molecule has 1 spiro atoms. The molecule has 0 unspecified atom stereocenters. The van der Waals surface area contributed by atoms with Gasteiger partial charge in [-0.2, -0.15) is 0 Å². The minimum Gasteiger partial charge on any atom is -0.304 e. The number of aryl methyl sites for hydroxylation is 2. The quantitative estimate of drug-likeness (QED) is 0.590. The Morgan fingerprint density at radius 1 is 0.968 bits per heavy atom. The molecule has 31 heavy (non-hydrogen) atoms. The number of nitrogens with zero attached hydrogens (tertiary/aromatic N) is 2. The second-order valence-electron chi connectivity index (χ2n) is 8.05. The van der Waals surface area contributed by atoms with E-state index in [0.717, 1.165) is 28.1 Å². The fraction of sp³-hybridized carbons (Fsp3) is 0.200. The van der Waals surface area contributed by atoms with Gasteiger partial charge in [0.25, 0.3) is 5.91 Å². The predicted molar refractivity (Wildman–Crippen MR) is 122 cm³/mol. The van der Waals surface area contributed by atoms with Crippen molar-refractivity contribution in [1.82, 2.24) is 0 Å².